The van der Waals surface area contributed by atoms with Crippen LogP contribution in [-0.4, -0.2) is 24.5 Å². The number of primary amides is 1. The third-order valence-corrected chi connectivity index (χ3v) is 4.31. The van der Waals surface area contributed by atoms with Gasteiger partial charge in [-0.15, -0.1) is 11.3 Å². The highest BCUT2D eigenvalue weighted by atomic mass is 32.1. The zero-order valence-electron chi connectivity index (χ0n) is 13.4. The number of carbonyl (C=O) groups excluding carboxylic acids is 2. The van der Waals surface area contributed by atoms with E-state index < -0.39 is 11.4 Å². The quantitative estimate of drug-likeness (QED) is 0.853. The summed E-state index contributed by atoms with van der Waals surface area (Å²) in [5.74, 6) is 0.0398. The summed E-state index contributed by atoms with van der Waals surface area (Å²) in [7, 11) is 1.63. The molecule has 2 amide bonds. The van der Waals surface area contributed by atoms with Crippen molar-refractivity contribution in [1.29, 1.82) is 0 Å². The smallest absolute Gasteiger partial charge is 0.261 e. The molecule has 0 aliphatic heterocycles. The lowest BCUT2D eigenvalue weighted by Gasteiger charge is -2.27. The van der Waals surface area contributed by atoms with Gasteiger partial charge in [0.15, 0.2) is 0 Å². The van der Waals surface area contributed by atoms with Gasteiger partial charge in [-0.2, -0.15) is 0 Å². The van der Waals surface area contributed by atoms with E-state index in [-0.39, 0.29) is 5.91 Å². The van der Waals surface area contributed by atoms with Gasteiger partial charge in [0, 0.05) is 10.9 Å². The monoisotopic (exact) mass is 332 g/mol. The highest BCUT2D eigenvalue weighted by Crippen LogP contribution is 2.23. The highest BCUT2D eigenvalue weighted by molar-refractivity contribution is 7.12. The van der Waals surface area contributed by atoms with Gasteiger partial charge in [-0.1, -0.05) is 18.2 Å². The lowest BCUT2D eigenvalue weighted by molar-refractivity contribution is 0.0917. The van der Waals surface area contributed by atoms with E-state index in [1.54, 1.807) is 12.5 Å². The van der Waals surface area contributed by atoms with E-state index in [4.69, 9.17) is 10.5 Å². The van der Waals surface area contributed by atoms with Crippen molar-refractivity contribution in [3.8, 4) is 5.75 Å². The number of hydrogen-bond donors (Lipinski definition) is 2. The van der Waals surface area contributed by atoms with E-state index in [1.807, 2.05) is 38.1 Å². The van der Waals surface area contributed by atoms with Crippen LogP contribution in [-0.2, 0) is 6.42 Å². The maximum atomic E-state index is 12.4. The number of hydrogen-bond acceptors (Lipinski definition) is 4. The van der Waals surface area contributed by atoms with E-state index in [9.17, 15) is 9.59 Å². The summed E-state index contributed by atoms with van der Waals surface area (Å²) in [6.45, 7) is 3.89. The van der Waals surface area contributed by atoms with Crippen molar-refractivity contribution < 1.29 is 14.3 Å². The standard InChI is InChI=1S/C17H20N2O3S/c1-17(2,9-11-6-4-5-7-13(11)22-3)19-16(21)14-8-12(10-23-14)15(18)20/h4-8,10H,9H2,1-3H3,(H2,18,20)(H,19,21). The number of thiophene rings is 1. The Morgan fingerprint density at radius 3 is 2.61 bits per heavy atom. The van der Waals surface area contributed by atoms with E-state index in [2.05, 4.69) is 5.32 Å². The van der Waals surface area contributed by atoms with Gasteiger partial charge in [0.25, 0.3) is 5.91 Å². The Balaban J connectivity index is 2.10. The van der Waals surface area contributed by atoms with E-state index >= 15 is 0 Å². The Morgan fingerprint density at radius 2 is 2.00 bits per heavy atom. The zero-order chi connectivity index (χ0) is 17.0. The maximum Gasteiger partial charge on any atom is 0.261 e. The van der Waals surface area contributed by atoms with Gasteiger partial charge in [-0.25, -0.2) is 0 Å². The normalized spacial score (nSPS) is 11.1. The molecule has 3 N–H and O–H groups in total. The predicted octanol–water partition coefficient (Wildman–Crippen LogP) is 2.61. The fourth-order valence-corrected chi connectivity index (χ4v) is 3.11. The van der Waals surface area contributed by atoms with Crippen molar-refractivity contribution in [2.75, 3.05) is 7.11 Å². The first-order chi connectivity index (χ1) is 10.8. The summed E-state index contributed by atoms with van der Waals surface area (Å²) in [4.78, 5) is 23.9. The molecule has 6 heteroatoms. The number of nitrogens with one attached hydrogen (secondary N) is 1. The molecule has 0 aliphatic carbocycles. The van der Waals surface area contributed by atoms with Crippen molar-refractivity contribution >= 4 is 23.2 Å². The molecule has 1 heterocycles. The topological polar surface area (TPSA) is 81.4 Å². The van der Waals surface area contributed by atoms with Crippen molar-refractivity contribution in [1.82, 2.24) is 5.32 Å². The van der Waals surface area contributed by atoms with Crippen LogP contribution in [0.15, 0.2) is 35.7 Å². The Hall–Kier alpha value is -2.34. The molecule has 2 rings (SSSR count). The number of methoxy groups -OCH3 is 1. The molecule has 0 radical (unpaired) electrons. The molecule has 0 fully saturated rings. The average Bonchev–Trinajstić information content (AvgIpc) is 2.97. The van der Waals surface area contributed by atoms with Crippen LogP contribution in [0, 0.1) is 0 Å². The first-order valence-electron chi connectivity index (χ1n) is 7.15. The van der Waals surface area contributed by atoms with E-state index in [1.165, 1.54) is 17.4 Å². The summed E-state index contributed by atoms with van der Waals surface area (Å²) in [5.41, 5.74) is 6.11. The Kier molecular flexibility index (Phi) is 5.05. The van der Waals surface area contributed by atoms with Crippen LogP contribution < -0.4 is 15.8 Å². The van der Waals surface area contributed by atoms with Gasteiger partial charge in [0.05, 0.1) is 17.6 Å². The van der Waals surface area contributed by atoms with E-state index in [0.717, 1.165) is 11.3 Å². The zero-order valence-corrected chi connectivity index (χ0v) is 14.2. The van der Waals surface area contributed by atoms with Crippen molar-refractivity contribution in [3.63, 3.8) is 0 Å². The predicted molar refractivity (Wildman–Crippen MR) is 91.1 cm³/mol. The Labute approximate surface area is 139 Å². The lowest BCUT2D eigenvalue weighted by atomic mass is 9.94. The molecule has 23 heavy (non-hydrogen) atoms. The number of amides is 2. The fraction of sp³-hybridized carbons (Fsp3) is 0.294. The molecule has 122 valence electrons. The highest BCUT2D eigenvalue weighted by Gasteiger charge is 2.24. The Morgan fingerprint density at radius 1 is 1.30 bits per heavy atom. The molecular formula is C17H20N2O3S. The lowest BCUT2D eigenvalue weighted by Crippen LogP contribution is -2.45. The van der Waals surface area contributed by atoms with Crippen LogP contribution in [0.4, 0.5) is 0 Å². The summed E-state index contributed by atoms with van der Waals surface area (Å²) >= 11 is 1.20. The van der Waals surface area contributed by atoms with Crippen LogP contribution in [0.5, 0.6) is 5.75 Å². The first-order valence-corrected chi connectivity index (χ1v) is 8.03. The second kappa shape index (κ2) is 6.83. The second-order valence-electron chi connectivity index (χ2n) is 5.89. The van der Waals surface area contributed by atoms with Crippen LogP contribution >= 0.6 is 11.3 Å². The van der Waals surface area contributed by atoms with Crippen LogP contribution in [0.3, 0.4) is 0 Å². The van der Waals surface area contributed by atoms with Crippen LogP contribution in [0.25, 0.3) is 0 Å². The molecule has 1 aromatic heterocycles. The van der Waals surface area contributed by atoms with E-state index in [0.29, 0.717) is 16.9 Å². The van der Waals surface area contributed by atoms with Gasteiger partial charge in [-0.3, -0.25) is 9.59 Å². The average molecular weight is 332 g/mol. The largest absolute Gasteiger partial charge is 0.496 e. The molecule has 0 aliphatic rings. The maximum absolute atomic E-state index is 12.4. The summed E-state index contributed by atoms with van der Waals surface area (Å²) in [6, 6.07) is 9.23. The van der Waals surface area contributed by atoms with Crippen molar-refractivity contribution in [2.45, 2.75) is 25.8 Å². The number of nitrogens with two attached hydrogens (primary N) is 1. The summed E-state index contributed by atoms with van der Waals surface area (Å²) < 4.78 is 5.35. The van der Waals surface area contributed by atoms with Crippen molar-refractivity contribution in [3.05, 3.63) is 51.7 Å². The van der Waals surface area contributed by atoms with Gasteiger partial charge < -0.3 is 15.8 Å². The molecule has 5 nitrogen and oxygen atoms in total. The number of para-hydroxylation sites is 1. The summed E-state index contributed by atoms with van der Waals surface area (Å²) in [6.07, 6.45) is 0.622. The number of ether oxygens (including phenoxy) is 1. The minimum atomic E-state index is -0.534. The van der Waals surface area contributed by atoms with Gasteiger partial charge >= 0.3 is 0 Å². The molecule has 0 atom stereocenters. The molecule has 0 unspecified atom stereocenters. The molecule has 0 spiro atoms. The fourth-order valence-electron chi connectivity index (χ4n) is 2.32. The van der Waals surface area contributed by atoms with Gasteiger partial charge in [0.1, 0.15) is 5.75 Å². The SMILES string of the molecule is COc1ccccc1CC(C)(C)NC(=O)c1cc(C(N)=O)cs1. The minimum absolute atomic E-state index is 0.220. The Bertz CT molecular complexity index is 722. The molecular weight excluding hydrogens is 312 g/mol. The molecule has 0 saturated heterocycles. The number of rotatable bonds is 6. The minimum Gasteiger partial charge on any atom is -0.496 e. The number of benzene rings is 1. The van der Waals surface area contributed by atoms with Crippen LogP contribution in [0.1, 0.15) is 39.4 Å². The van der Waals surface area contributed by atoms with Crippen LogP contribution in [0.2, 0.25) is 0 Å². The molecule has 2 aromatic rings. The van der Waals surface area contributed by atoms with Gasteiger partial charge in [-0.05, 0) is 38.0 Å². The first kappa shape index (κ1) is 17.0. The molecule has 0 saturated carbocycles. The third-order valence-electron chi connectivity index (χ3n) is 3.38. The molecule has 1 aromatic carbocycles. The van der Waals surface area contributed by atoms with Gasteiger partial charge in [0.2, 0.25) is 5.91 Å². The number of carbonyl (C=O) groups is 2. The second-order valence-corrected chi connectivity index (χ2v) is 6.80. The summed E-state index contributed by atoms with van der Waals surface area (Å²) in [5, 5.41) is 4.58. The van der Waals surface area contributed by atoms with Crippen molar-refractivity contribution in [2.24, 2.45) is 5.73 Å². The molecule has 0 bridgehead atoms. The third kappa shape index (κ3) is 4.32.